The van der Waals surface area contributed by atoms with E-state index in [1.54, 1.807) is 4.90 Å². The number of fused-ring (bicyclic) bond motifs is 1. The number of aromatic nitrogens is 2. The lowest BCUT2D eigenvalue weighted by molar-refractivity contribution is 0.00695. The van der Waals surface area contributed by atoms with Crippen LogP contribution in [0.15, 0.2) is 18.2 Å². The molecule has 0 unspecified atom stereocenters. The second kappa shape index (κ2) is 7.79. The minimum Gasteiger partial charge on any atom is -0.319 e. The largest absolute Gasteiger partial charge is 0.321 e. The number of hydrogen-bond acceptors (Lipinski definition) is 4. The number of likely N-dealkylation sites (N-methyl/N-ethyl adjacent to an activating group) is 1. The number of benzene rings is 1. The molecule has 2 N–H and O–H groups in total. The zero-order chi connectivity index (χ0) is 24.3. The van der Waals surface area contributed by atoms with Gasteiger partial charge >= 0.3 is 6.03 Å². The number of anilines is 1. The van der Waals surface area contributed by atoms with E-state index in [4.69, 9.17) is 0 Å². The average molecular weight is 461 g/mol. The molecule has 0 radical (unpaired) electrons. The summed E-state index contributed by atoms with van der Waals surface area (Å²) in [5.74, 6) is -2.22. The minimum atomic E-state index is -0.955. The molecule has 2 aliphatic heterocycles. The molecule has 1 aromatic carbocycles. The van der Waals surface area contributed by atoms with Gasteiger partial charge in [-0.05, 0) is 53.8 Å². The summed E-state index contributed by atoms with van der Waals surface area (Å²) >= 11 is 0. The maximum atomic E-state index is 14.0. The zero-order valence-electron chi connectivity index (χ0n) is 19.8. The van der Waals surface area contributed by atoms with Gasteiger partial charge in [0.05, 0.1) is 23.3 Å². The molecule has 10 heteroatoms. The molecule has 8 nitrogen and oxygen atoms in total. The Bertz CT molecular complexity index is 1110. The molecule has 1 aromatic heterocycles. The molecule has 33 heavy (non-hydrogen) atoms. The van der Waals surface area contributed by atoms with Crippen molar-refractivity contribution in [3.63, 3.8) is 0 Å². The van der Waals surface area contributed by atoms with Gasteiger partial charge in [-0.25, -0.2) is 13.6 Å². The fourth-order valence-electron chi connectivity index (χ4n) is 4.62. The van der Waals surface area contributed by atoms with Gasteiger partial charge in [-0.15, -0.1) is 0 Å². The van der Waals surface area contributed by atoms with Gasteiger partial charge in [0.1, 0.15) is 11.6 Å². The number of rotatable bonds is 2. The highest BCUT2D eigenvalue weighted by molar-refractivity contribution is 6.04. The highest BCUT2D eigenvalue weighted by Gasteiger charge is 2.47. The van der Waals surface area contributed by atoms with Crippen molar-refractivity contribution in [3.8, 4) is 0 Å². The highest BCUT2D eigenvalue weighted by atomic mass is 19.1. The van der Waals surface area contributed by atoms with Crippen molar-refractivity contribution in [1.29, 1.82) is 0 Å². The normalized spacial score (nSPS) is 21.8. The lowest BCUT2D eigenvalue weighted by Crippen LogP contribution is -2.65. The summed E-state index contributed by atoms with van der Waals surface area (Å²) < 4.78 is 27.2. The monoisotopic (exact) mass is 460 g/mol. The van der Waals surface area contributed by atoms with Gasteiger partial charge in [0.25, 0.3) is 5.91 Å². The van der Waals surface area contributed by atoms with Gasteiger partial charge < -0.3 is 15.1 Å². The number of H-pyrrole nitrogens is 1. The van der Waals surface area contributed by atoms with Crippen LogP contribution in [0.4, 0.5) is 19.4 Å². The number of piperazine rings is 1. The first-order chi connectivity index (χ1) is 15.3. The Morgan fingerprint density at radius 1 is 1.21 bits per heavy atom. The van der Waals surface area contributed by atoms with E-state index in [0.29, 0.717) is 23.9 Å². The molecule has 4 rings (SSSR count). The lowest BCUT2D eigenvalue weighted by atomic mass is 9.96. The van der Waals surface area contributed by atoms with Crippen LogP contribution in [0.5, 0.6) is 0 Å². The predicted molar refractivity (Wildman–Crippen MR) is 120 cm³/mol. The number of hydrogen-bond donors (Lipinski definition) is 2. The smallest absolute Gasteiger partial charge is 0.319 e. The third kappa shape index (κ3) is 3.86. The van der Waals surface area contributed by atoms with E-state index >= 15 is 0 Å². The van der Waals surface area contributed by atoms with Crippen LogP contribution in [0, 0.1) is 11.6 Å². The molecule has 0 aliphatic carbocycles. The summed E-state index contributed by atoms with van der Waals surface area (Å²) in [5.41, 5.74) is 0.264. The number of aromatic amines is 1. The second-order valence-electron chi connectivity index (χ2n) is 10.1. The SMILES string of the molecule is C[C@H]1CN(C)C(C)(C)CN1C(=O)N1Cc2c(NC(=O)c3ccc(F)cc3F)n[nH]c2C1(C)C. The van der Waals surface area contributed by atoms with E-state index in [1.807, 2.05) is 25.7 Å². The molecule has 0 saturated carbocycles. The Balaban J connectivity index is 1.57. The van der Waals surface area contributed by atoms with Crippen molar-refractivity contribution in [2.45, 2.75) is 58.3 Å². The Morgan fingerprint density at radius 3 is 2.58 bits per heavy atom. The lowest BCUT2D eigenvalue weighted by Gasteiger charge is -2.50. The van der Waals surface area contributed by atoms with Crippen LogP contribution < -0.4 is 5.32 Å². The van der Waals surface area contributed by atoms with E-state index in [0.717, 1.165) is 18.7 Å². The van der Waals surface area contributed by atoms with Crippen molar-refractivity contribution in [2.24, 2.45) is 0 Å². The number of urea groups is 1. The molecule has 2 aromatic rings. The minimum absolute atomic E-state index is 0.0454. The van der Waals surface area contributed by atoms with Crippen LogP contribution in [-0.2, 0) is 12.1 Å². The molecule has 2 aliphatic rings. The number of carbonyl (C=O) groups is 2. The quantitative estimate of drug-likeness (QED) is 0.718. The summed E-state index contributed by atoms with van der Waals surface area (Å²) in [5, 5.41) is 9.73. The summed E-state index contributed by atoms with van der Waals surface area (Å²) in [7, 11) is 2.06. The van der Waals surface area contributed by atoms with Gasteiger partial charge in [-0.1, -0.05) is 0 Å². The number of nitrogens with zero attached hydrogens (tertiary/aromatic N) is 4. The van der Waals surface area contributed by atoms with E-state index in [-0.39, 0.29) is 35.5 Å². The third-order valence-corrected chi connectivity index (χ3v) is 7.02. The van der Waals surface area contributed by atoms with Gasteiger partial charge in [-0.3, -0.25) is 14.8 Å². The third-order valence-electron chi connectivity index (χ3n) is 7.02. The van der Waals surface area contributed by atoms with Gasteiger partial charge in [0.2, 0.25) is 0 Å². The van der Waals surface area contributed by atoms with E-state index < -0.39 is 23.1 Å². The van der Waals surface area contributed by atoms with Crippen LogP contribution in [-0.4, -0.2) is 68.6 Å². The highest BCUT2D eigenvalue weighted by Crippen LogP contribution is 2.42. The molecule has 178 valence electrons. The molecule has 1 atom stereocenters. The molecule has 3 heterocycles. The number of carbonyl (C=O) groups excluding carboxylic acids is 2. The maximum Gasteiger partial charge on any atom is 0.321 e. The Hall–Kier alpha value is -3.01. The Labute approximate surface area is 191 Å². The van der Waals surface area contributed by atoms with Crippen LogP contribution in [0.25, 0.3) is 0 Å². The van der Waals surface area contributed by atoms with Crippen molar-refractivity contribution in [2.75, 3.05) is 25.5 Å². The molecule has 0 bridgehead atoms. The average Bonchev–Trinajstić information content (AvgIpc) is 3.22. The van der Waals surface area contributed by atoms with Crippen molar-refractivity contribution < 1.29 is 18.4 Å². The van der Waals surface area contributed by atoms with E-state index in [2.05, 4.69) is 41.3 Å². The van der Waals surface area contributed by atoms with Gasteiger partial charge in [0.15, 0.2) is 5.82 Å². The predicted octanol–water partition coefficient (Wildman–Crippen LogP) is 3.53. The summed E-state index contributed by atoms with van der Waals surface area (Å²) in [6, 6.07) is 2.73. The molecular formula is C23H30F2N6O2. The summed E-state index contributed by atoms with van der Waals surface area (Å²) in [6.07, 6.45) is 0. The first-order valence-corrected chi connectivity index (χ1v) is 11.0. The van der Waals surface area contributed by atoms with Crippen LogP contribution in [0.3, 0.4) is 0 Å². The summed E-state index contributed by atoms with van der Waals surface area (Å²) in [6.45, 7) is 11.7. The van der Waals surface area contributed by atoms with Gasteiger partial charge in [0, 0.05) is 36.3 Å². The van der Waals surface area contributed by atoms with Crippen LogP contribution in [0.1, 0.15) is 56.2 Å². The number of amides is 3. The topological polar surface area (TPSA) is 84.6 Å². The summed E-state index contributed by atoms with van der Waals surface area (Å²) in [4.78, 5) is 32.2. The van der Waals surface area contributed by atoms with E-state index in [9.17, 15) is 18.4 Å². The molecule has 1 saturated heterocycles. The second-order valence-corrected chi connectivity index (χ2v) is 10.1. The van der Waals surface area contributed by atoms with Crippen molar-refractivity contribution in [3.05, 3.63) is 46.7 Å². The first-order valence-electron chi connectivity index (χ1n) is 11.0. The molecular weight excluding hydrogens is 430 g/mol. The van der Waals surface area contributed by atoms with E-state index in [1.165, 1.54) is 0 Å². The molecule has 3 amide bonds. The van der Waals surface area contributed by atoms with Gasteiger partial charge in [-0.2, -0.15) is 5.10 Å². The van der Waals surface area contributed by atoms with Crippen LogP contribution in [0.2, 0.25) is 0 Å². The zero-order valence-corrected chi connectivity index (χ0v) is 19.8. The standard InChI is InChI=1S/C23H30F2N6O2/c1-13-10-29(6)22(2,3)12-30(13)21(33)31-11-16-18(23(31,4)5)27-28-19(16)26-20(32)15-8-7-14(24)9-17(15)25/h7-9,13H,10-12H2,1-6H3,(H2,26,27,28,32)/t13-/m0/s1. The first kappa shape index (κ1) is 23.2. The van der Waals surface area contributed by atoms with Crippen molar-refractivity contribution in [1.82, 2.24) is 24.9 Å². The number of halogens is 2. The number of nitrogens with one attached hydrogen (secondary N) is 2. The fourth-order valence-corrected chi connectivity index (χ4v) is 4.62. The van der Waals surface area contributed by atoms with Crippen molar-refractivity contribution >= 4 is 17.8 Å². The Morgan fingerprint density at radius 2 is 1.91 bits per heavy atom. The maximum absolute atomic E-state index is 14.0. The fraction of sp³-hybridized carbons (Fsp3) is 0.522. The molecule has 0 spiro atoms. The Kier molecular flexibility index (Phi) is 5.47. The van der Waals surface area contributed by atoms with Crippen LogP contribution >= 0.6 is 0 Å². The molecule has 1 fully saturated rings.